The van der Waals surface area contributed by atoms with E-state index in [4.69, 9.17) is 0 Å². The lowest BCUT2D eigenvalue weighted by Gasteiger charge is -2.06. The van der Waals surface area contributed by atoms with Crippen LogP contribution in [0.4, 0.5) is 5.82 Å². The van der Waals surface area contributed by atoms with Crippen LogP contribution in [0.25, 0.3) is 11.0 Å². The molecule has 5 rings (SSSR count). The van der Waals surface area contributed by atoms with Crippen LogP contribution in [0.3, 0.4) is 0 Å². The van der Waals surface area contributed by atoms with Gasteiger partial charge in [-0.25, -0.2) is 9.67 Å². The average Bonchev–Trinajstić information content (AvgIpc) is 3.41. The predicted molar refractivity (Wildman–Crippen MR) is 115 cm³/mol. The third-order valence-corrected chi connectivity index (χ3v) is 5.65. The highest BCUT2D eigenvalue weighted by Gasteiger charge is 2.27. The van der Waals surface area contributed by atoms with Gasteiger partial charge >= 0.3 is 0 Å². The summed E-state index contributed by atoms with van der Waals surface area (Å²) in [5, 5.41) is 13.0. The second-order valence-corrected chi connectivity index (χ2v) is 7.99. The van der Waals surface area contributed by atoms with Crippen LogP contribution in [0.15, 0.2) is 48.8 Å². The first-order valence-electron chi connectivity index (χ1n) is 10.3. The summed E-state index contributed by atoms with van der Waals surface area (Å²) in [5.74, 6) is 0.977. The summed E-state index contributed by atoms with van der Waals surface area (Å²) < 4.78 is 3.52. The lowest BCUT2D eigenvalue weighted by Crippen LogP contribution is -2.20. The summed E-state index contributed by atoms with van der Waals surface area (Å²) in [4.78, 5) is 17.1. The van der Waals surface area contributed by atoms with Gasteiger partial charge in [0.2, 0.25) is 5.91 Å². The maximum absolute atomic E-state index is 12.6. The van der Waals surface area contributed by atoms with Crippen LogP contribution in [0, 0.1) is 13.8 Å². The fraction of sp³-hybridized carbons (Fsp3) is 0.304. The number of aryl methyl sites for hydroxylation is 2. The van der Waals surface area contributed by atoms with Crippen LogP contribution in [0.2, 0.25) is 0 Å². The number of fused-ring (bicyclic) bond motifs is 1. The molecule has 7 heteroatoms. The molecular formula is C23H24N6O. The molecule has 1 amide bonds. The van der Waals surface area contributed by atoms with E-state index in [1.165, 1.54) is 29.5 Å². The van der Waals surface area contributed by atoms with Gasteiger partial charge in [0.1, 0.15) is 6.54 Å². The molecule has 3 aromatic heterocycles. The molecule has 0 bridgehead atoms. The van der Waals surface area contributed by atoms with E-state index in [9.17, 15) is 4.79 Å². The quantitative estimate of drug-likeness (QED) is 0.534. The number of amides is 1. The molecule has 152 valence electrons. The Kier molecular flexibility index (Phi) is 4.58. The molecule has 1 aromatic carbocycles. The molecule has 1 aliphatic carbocycles. The number of anilines is 1. The minimum atomic E-state index is -0.167. The zero-order chi connectivity index (χ0) is 20.7. The van der Waals surface area contributed by atoms with E-state index in [2.05, 4.69) is 45.6 Å². The number of nitrogens with zero attached hydrogens (tertiary/aromatic N) is 5. The van der Waals surface area contributed by atoms with Crippen molar-refractivity contribution < 1.29 is 4.79 Å². The second-order valence-electron chi connectivity index (χ2n) is 7.99. The minimum Gasteiger partial charge on any atom is -0.308 e. The van der Waals surface area contributed by atoms with E-state index < -0.39 is 0 Å². The minimum absolute atomic E-state index is 0.107. The number of nitrogens with one attached hydrogen (secondary N) is 1. The maximum Gasteiger partial charge on any atom is 0.247 e. The first-order valence-corrected chi connectivity index (χ1v) is 10.3. The topological polar surface area (TPSA) is 77.6 Å². The van der Waals surface area contributed by atoms with E-state index in [-0.39, 0.29) is 12.5 Å². The number of pyridine rings is 1. The summed E-state index contributed by atoms with van der Waals surface area (Å²) in [6, 6.07) is 12.1. The molecule has 1 N–H and O–H groups in total. The Hall–Kier alpha value is -3.48. The molecule has 1 aliphatic rings. The van der Waals surface area contributed by atoms with Crippen LogP contribution >= 0.6 is 0 Å². The smallest absolute Gasteiger partial charge is 0.247 e. The van der Waals surface area contributed by atoms with Crippen molar-refractivity contribution in [3.05, 3.63) is 71.2 Å². The average molecular weight is 400 g/mol. The van der Waals surface area contributed by atoms with Crippen molar-refractivity contribution in [2.24, 2.45) is 0 Å². The third kappa shape index (κ3) is 3.58. The third-order valence-electron chi connectivity index (χ3n) is 5.65. The Bertz CT molecular complexity index is 1230. The van der Waals surface area contributed by atoms with Crippen LogP contribution in [0.1, 0.15) is 41.1 Å². The summed E-state index contributed by atoms with van der Waals surface area (Å²) in [7, 11) is 0. The van der Waals surface area contributed by atoms with Crippen LogP contribution in [-0.4, -0.2) is 30.5 Å². The molecule has 7 nitrogen and oxygen atoms in total. The standard InChI is InChI=1S/C23H24N6O/c1-15-5-3-4-6-18(15)13-28-12-10-20(27-28)25-21(30)14-29-23-22(16(2)26-29)19(9-11-24-23)17-7-8-17/h3-6,9-12,17H,7-8,13-14H2,1-2H3,(H,25,27,30). The first-order chi connectivity index (χ1) is 14.6. The van der Waals surface area contributed by atoms with Crippen molar-refractivity contribution in [2.45, 2.75) is 45.7 Å². The van der Waals surface area contributed by atoms with Gasteiger partial charge < -0.3 is 5.32 Å². The zero-order valence-corrected chi connectivity index (χ0v) is 17.2. The summed E-state index contributed by atoms with van der Waals surface area (Å²) in [6.45, 7) is 4.84. The van der Waals surface area contributed by atoms with Crippen molar-refractivity contribution in [1.82, 2.24) is 24.5 Å². The number of rotatable bonds is 6. The van der Waals surface area contributed by atoms with Gasteiger partial charge in [-0.2, -0.15) is 10.2 Å². The van der Waals surface area contributed by atoms with Crippen molar-refractivity contribution in [1.29, 1.82) is 0 Å². The fourth-order valence-electron chi connectivity index (χ4n) is 3.95. The van der Waals surface area contributed by atoms with Gasteiger partial charge in [0.25, 0.3) is 0 Å². The molecule has 0 spiro atoms. The highest BCUT2D eigenvalue weighted by molar-refractivity contribution is 5.91. The Morgan fingerprint density at radius 3 is 2.77 bits per heavy atom. The number of benzene rings is 1. The highest BCUT2D eigenvalue weighted by atomic mass is 16.2. The van der Waals surface area contributed by atoms with E-state index >= 15 is 0 Å². The molecule has 0 saturated heterocycles. The van der Waals surface area contributed by atoms with Gasteiger partial charge in [0.15, 0.2) is 11.5 Å². The molecule has 0 aliphatic heterocycles. The zero-order valence-electron chi connectivity index (χ0n) is 17.2. The predicted octanol–water partition coefficient (Wildman–Crippen LogP) is 3.81. The number of hydrogen-bond acceptors (Lipinski definition) is 4. The van der Waals surface area contributed by atoms with E-state index in [1.807, 2.05) is 42.2 Å². The first kappa shape index (κ1) is 18.5. The second kappa shape index (κ2) is 7.40. The van der Waals surface area contributed by atoms with Crippen molar-refractivity contribution in [3.8, 4) is 0 Å². The molecule has 1 saturated carbocycles. The van der Waals surface area contributed by atoms with Crippen molar-refractivity contribution in [3.63, 3.8) is 0 Å². The lowest BCUT2D eigenvalue weighted by molar-refractivity contribution is -0.116. The molecule has 0 unspecified atom stereocenters. The van der Waals surface area contributed by atoms with E-state index in [1.54, 1.807) is 4.68 Å². The Labute approximate surface area is 174 Å². The molecule has 30 heavy (non-hydrogen) atoms. The van der Waals surface area contributed by atoms with Gasteiger partial charge in [0.05, 0.1) is 12.2 Å². The van der Waals surface area contributed by atoms with Crippen LogP contribution in [-0.2, 0) is 17.9 Å². The summed E-state index contributed by atoms with van der Waals surface area (Å²) in [5.41, 5.74) is 5.43. The molecule has 0 atom stereocenters. The normalized spacial score (nSPS) is 13.7. The van der Waals surface area contributed by atoms with Crippen molar-refractivity contribution >= 4 is 22.8 Å². The Balaban J connectivity index is 1.30. The lowest BCUT2D eigenvalue weighted by atomic mass is 10.1. The summed E-state index contributed by atoms with van der Waals surface area (Å²) >= 11 is 0. The van der Waals surface area contributed by atoms with E-state index in [0.29, 0.717) is 18.3 Å². The largest absolute Gasteiger partial charge is 0.308 e. The highest BCUT2D eigenvalue weighted by Crippen LogP contribution is 2.43. The fourth-order valence-corrected chi connectivity index (χ4v) is 3.95. The maximum atomic E-state index is 12.6. The SMILES string of the molecule is Cc1ccccc1Cn1ccc(NC(=O)Cn2nc(C)c3c(C4CC4)ccnc32)n1. The molecule has 1 fully saturated rings. The van der Waals surface area contributed by atoms with E-state index in [0.717, 1.165) is 16.7 Å². The number of aromatic nitrogens is 5. The van der Waals surface area contributed by atoms with Crippen LogP contribution < -0.4 is 5.32 Å². The molecule has 4 aromatic rings. The van der Waals surface area contributed by atoms with Gasteiger partial charge in [-0.1, -0.05) is 24.3 Å². The Morgan fingerprint density at radius 1 is 1.13 bits per heavy atom. The molecular weight excluding hydrogens is 376 g/mol. The van der Waals surface area contributed by atoms with Crippen LogP contribution in [0.5, 0.6) is 0 Å². The monoisotopic (exact) mass is 400 g/mol. The summed E-state index contributed by atoms with van der Waals surface area (Å²) in [6.07, 6.45) is 6.13. The number of hydrogen-bond donors (Lipinski definition) is 1. The van der Waals surface area contributed by atoms with Gasteiger partial charge in [-0.05, 0) is 55.4 Å². The number of carbonyl (C=O) groups excluding carboxylic acids is 1. The molecule has 0 radical (unpaired) electrons. The van der Waals surface area contributed by atoms with Gasteiger partial charge in [-0.15, -0.1) is 0 Å². The van der Waals surface area contributed by atoms with Gasteiger partial charge in [-0.3, -0.25) is 9.48 Å². The Morgan fingerprint density at radius 2 is 1.97 bits per heavy atom. The van der Waals surface area contributed by atoms with Gasteiger partial charge in [0, 0.05) is 23.8 Å². The van der Waals surface area contributed by atoms with Crippen molar-refractivity contribution in [2.75, 3.05) is 5.32 Å². The number of carbonyl (C=O) groups is 1. The molecule has 3 heterocycles.